The van der Waals surface area contributed by atoms with Crippen molar-refractivity contribution < 1.29 is 0 Å². The van der Waals surface area contributed by atoms with Crippen LogP contribution in [0.2, 0.25) is 0 Å². The highest BCUT2D eigenvalue weighted by atomic mass is 15.1. The average molecular weight is 244 g/mol. The average Bonchev–Trinajstić information content (AvgIpc) is 2.42. The molecule has 1 saturated heterocycles. The van der Waals surface area contributed by atoms with Gasteiger partial charge in [-0.3, -0.25) is 4.90 Å². The fourth-order valence-electron chi connectivity index (χ4n) is 2.35. The van der Waals surface area contributed by atoms with Gasteiger partial charge in [-0.15, -0.1) is 0 Å². The van der Waals surface area contributed by atoms with Gasteiger partial charge in [0.2, 0.25) is 0 Å². The molecule has 0 unspecified atom stereocenters. The van der Waals surface area contributed by atoms with Gasteiger partial charge in [-0.25, -0.2) is 4.98 Å². The molecule has 0 amide bonds. The summed E-state index contributed by atoms with van der Waals surface area (Å²) in [6, 6.07) is 5.96. The van der Waals surface area contributed by atoms with Gasteiger partial charge in [0.1, 0.15) is 11.8 Å². The highest BCUT2D eigenvalue weighted by Gasteiger charge is 2.27. The van der Waals surface area contributed by atoms with Gasteiger partial charge in [-0.1, -0.05) is 0 Å². The highest BCUT2D eigenvalue weighted by molar-refractivity contribution is 5.25. The number of nitrogens with zero attached hydrogens (tertiary/aromatic N) is 3. The molecule has 0 aromatic carbocycles. The van der Waals surface area contributed by atoms with Crippen LogP contribution in [0, 0.1) is 11.3 Å². The van der Waals surface area contributed by atoms with Crippen LogP contribution in [-0.2, 0) is 6.54 Å². The summed E-state index contributed by atoms with van der Waals surface area (Å²) in [6.45, 7) is 5.39. The van der Waals surface area contributed by atoms with E-state index in [1.54, 1.807) is 6.20 Å². The number of likely N-dealkylation sites (tertiary alicyclic amines) is 1. The Kier molecular flexibility index (Phi) is 3.95. The summed E-state index contributed by atoms with van der Waals surface area (Å²) in [7, 11) is 2.04. The van der Waals surface area contributed by atoms with E-state index in [4.69, 9.17) is 5.26 Å². The lowest BCUT2D eigenvalue weighted by molar-refractivity contribution is 0.146. The Morgan fingerprint density at radius 1 is 1.50 bits per heavy atom. The highest BCUT2D eigenvalue weighted by Crippen LogP contribution is 2.22. The van der Waals surface area contributed by atoms with Crippen molar-refractivity contribution in [2.75, 3.05) is 20.1 Å². The Morgan fingerprint density at radius 3 is 2.83 bits per heavy atom. The zero-order chi connectivity index (χ0) is 13.0. The summed E-state index contributed by atoms with van der Waals surface area (Å²) in [5, 5.41) is 12.2. The van der Waals surface area contributed by atoms with Crippen LogP contribution in [0.15, 0.2) is 18.3 Å². The second kappa shape index (κ2) is 5.47. The first-order valence-corrected chi connectivity index (χ1v) is 6.41. The van der Waals surface area contributed by atoms with Crippen LogP contribution >= 0.6 is 0 Å². The first-order chi connectivity index (χ1) is 8.65. The molecule has 0 radical (unpaired) electrons. The maximum atomic E-state index is 8.83. The third-order valence-corrected chi connectivity index (χ3v) is 3.91. The van der Waals surface area contributed by atoms with Crippen LogP contribution in [0.3, 0.4) is 0 Å². The van der Waals surface area contributed by atoms with Crippen LogP contribution < -0.4 is 5.32 Å². The maximum Gasteiger partial charge on any atom is 0.140 e. The zero-order valence-electron chi connectivity index (χ0n) is 11.1. The molecule has 4 heteroatoms. The number of hydrogen-bond acceptors (Lipinski definition) is 4. The number of nitrogens with one attached hydrogen (secondary N) is 1. The van der Waals surface area contributed by atoms with Crippen LogP contribution in [0.1, 0.15) is 31.0 Å². The molecule has 0 atom stereocenters. The van der Waals surface area contributed by atoms with Crippen molar-refractivity contribution in [2.45, 2.75) is 31.8 Å². The van der Waals surface area contributed by atoms with E-state index in [-0.39, 0.29) is 5.54 Å². The Morgan fingerprint density at radius 2 is 2.22 bits per heavy atom. The summed E-state index contributed by atoms with van der Waals surface area (Å²) >= 11 is 0. The molecule has 0 bridgehead atoms. The van der Waals surface area contributed by atoms with E-state index in [2.05, 4.69) is 28.2 Å². The third-order valence-electron chi connectivity index (χ3n) is 3.91. The minimum Gasteiger partial charge on any atom is -0.314 e. The summed E-state index contributed by atoms with van der Waals surface area (Å²) in [6.07, 6.45) is 4.05. The SMILES string of the molecule is CNC1(C)CCN(Cc2ccnc(C#N)c2)CC1. The third kappa shape index (κ3) is 3.06. The second-order valence-corrected chi connectivity index (χ2v) is 5.25. The van der Waals surface area contributed by atoms with Crippen molar-refractivity contribution in [2.24, 2.45) is 0 Å². The molecular formula is C14H20N4. The molecule has 1 aliphatic heterocycles. The lowest BCUT2D eigenvalue weighted by atomic mass is 9.90. The van der Waals surface area contributed by atoms with Crippen LogP contribution in [0.4, 0.5) is 0 Å². The van der Waals surface area contributed by atoms with Crippen molar-refractivity contribution in [3.05, 3.63) is 29.6 Å². The molecule has 1 aromatic rings. The number of nitriles is 1. The van der Waals surface area contributed by atoms with E-state index in [0.717, 1.165) is 19.6 Å². The van der Waals surface area contributed by atoms with E-state index < -0.39 is 0 Å². The molecule has 4 nitrogen and oxygen atoms in total. The number of hydrogen-bond donors (Lipinski definition) is 1. The molecule has 2 rings (SSSR count). The Bertz CT molecular complexity index is 441. The van der Waals surface area contributed by atoms with Gasteiger partial charge in [-0.2, -0.15) is 5.26 Å². The van der Waals surface area contributed by atoms with Crippen molar-refractivity contribution in [3.8, 4) is 6.07 Å². The molecular weight excluding hydrogens is 224 g/mol. The van der Waals surface area contributed by atoms with Crippen LogP contribution in [-0.4, -0.2) is 35.6 Å². The fourth-order valence-corrected chi connectivity index (χ4v) is 2.35. The number of pyridine rings is 1. The van der Waals surface area contributed by atoms with Gasteiger partial charge in [0.15, 0.2) is 0 Å². The van der Waals surface area contributed by atoms with Gasteiger partial charge in [0.25, 0.3) is 0 Å². The summed E-state index contributed by atoms with van der Waals surface area (Å²) in [5.74, 6) is 0. The summed E-state index contributed by atoms with van der Waals surface area (Å²) in [4.78, 5) is 6.44. The zero-order valence-corrected chi connectivity index (χ0v) is 11.1. The minimum absolute atomic E-state index is 0.284. The summed E-state index contributed by atoms with van der Waals surface area (Å²) < 4.78 is 0. The van der Waals surface area contributed by atoms with E-state index in [1.165, 1.54) is 18.4 Å². The van der Waals surface area contributed by atoms with E-state index in [9.17, 15) is 0 Å². The van der Waals surface area contributed by atoms with Gasteiger partial charge in [0.05, 0.1) is 0 Å². The molecule has 1 aromatic heterocycles. The monoisotopic (exact) mass is 244 g/mol. The Balaban J connectivity index is 1.94. The first kappa shape index (κ1) is 13.0. The normalized spacial score (nSPS) is 19.4. The number of piperidine rings is 1. The second-order valence-electron chi connectivity index (χ2n) is 5.25. The van der Waals surface area contributed by atoms with Crippen molar-refractivity contribution in [1.29, 1.82) is 5.26 Å². The molecule has 18 heavy (non-hydrogen) atoms. The maximum absolute atomic E-state index is 8.83. The lowest BCUT2D eigenvalue weighted by Gasteiger charge is -2.39. The van der Waals surface area contributed by atoms with E-state index in [1.807, 2.05) is 19.2 Å². The van der Waals surface area contributed by atoms with Gasteiger partial charge >= 0.3 is 0 Å². The standard InChI is InChI=1S/C14H20N4/c1-14(16-2)4-7-18(8-5-14)11-12-3-6-17-13(9-12)10-15/h3,6,9,16H,4-5,7-8,11H2,1-2H3. The molecule has 1 fully saturated rings. The predicted octanol–water partition coefficient (Wildman–Crippen LogP) is 1.53. The Hall–Kier alpha value is -1.44. The van der Waals surface area contributed by atoms with Crippen molar-refractivity contribution in [1.82, 2.24) is 15.2 Å². The smallest absolute Gasteiger partial charge is 0.140 e. The Labute approximate surface area is 109 Å². The van der Waals surface area contributed by atoms with Crippen molar-refractivity contribution in [3.63, 3.8) is 0 Å². The van der Waals surface area contributed by atoms with Gasteiger partial charge in [0, 0.05) is 31.4 Å². The topological polar surface area (TPSA) is 52.0 Å². The van der Waals surface area contributed by atoms with Crippen molar-refractivity contribution >= 4 is 0 Å². The minimum atomic E-state index is 0.284. The predicted molar refractivity (Wildman–Crippen MR) is 70.9 cm³/mol. The van der Waals surface area contributed by atoms with Crippen LogP contribution in [0.5, 0.6) is 0 Å². The molecule has 1 N–H and O–H groups in total. The molecule has 0 aliphatic carbocycles. The number of aromatic nitrogens is 1. The molecule has 1 aliphatic rings. The van der Waals surface area contributed by atoms with Crippen LogP contribution in [0.25, 0.3) is 0 Å². The molecule has 96 valence electrons. The van der Waals surface area contributed by atoms with E-state index >= 15 is 0 Å². The van der Waals surface area contributed by atoms with Gasteiger partial charge < -0.3 is 5.32 Å². The fraction of sp³-hybridized carbons (Fsp3) is 0.571. The van der Waals surface area contributed by atoms with Gasteiger partial charge in [-0.05, 0) is 44.5 Å². The first-order valence-electron chi connectivity index (χ1n) is 6.41. The molecule has 2 heterocycles. The quantitative estimate of drug-likeness (QED) is 0.876. The largest absolute Gasteiger partial charge is 0.314 e. The lowest BCUT2D eigenvalue weighted by Crippen LogP contribution is -2.49. The molecule has 0 spiro atoms. The van der Waals surface area contributed by atoms with E-state index in [0.29, 0.717) is 5.69 Å². The molecule has 0 saturated carbocycles. The number of rotatable bonds is 3. The summed E-state index contributed by atoms with van der Waals surface area (Å²) in [5.41, 5.74) is 1.96.